The summed E-state index contributed by atoms with van der Waals surface area (Å²) in [6, 6.07) is 14.5. The van der Waals surface area contributed by atoms with Crippen LogP contribution in [0, 0.1) is 12.7 Å². The second-order valence-corrected chi connectivity index (χ2v) is 5.65. The van der Waals surface area contributed by atoms with E-state index in [1.807, 2.05) is 30.3 Å². The molecular weight excluding hydrogens is 323 g/mol. The molecule has 0 aliphatic carbocycles. The molecule has 0 saturated heterocycles. The molecule has 0 aliphatic heterocycles. The molecule has 5 nitrogen and oxygen atoms in total. The van der Waals surface area contributed by atoms with Crippen molar-refractivity contribution >= 4 is 11.8 Å². The van der Waals surface area contributed by atoms with E-state index in [0.717, 1.165) is 10.5 Å². The van der Waals surface area contributed by atoms with E-state index in [2.05, 4.69) is 5.16 Å². The van der Waals surface area contributed by atoms with Crippen LogP contribution in [0.1, 0.15) is 24.3 Å². The molecule has 2 aromatic carbocycles. The Morgan fingerprint density at radius 3 is 2.44 bits per heavy atom. The van der Waals surface area contributed by atoms with Crippen LogP contribution in [0.3, 0.4) is 0 Å². The molecule has 0 saturated carbocycles. The molecule has 25 heavy (non-hydrogen) atoms. The maximum atomic E-state index is 14.2. The highest BCUT2D eigenvalue weighted by molar-refractivity contribution is 5.93. The normalized spacial score (nSPS) is 12.0. The van der Waals surface area contributed by atoms with Gasteiger partial charge in [0.15, 0.2) is 5.76 Å². The molecule has 0 fully saturated rings. The first-order chi connectivity index (χ1) is 12.0. The van der Waals surface area contributed by atoms with Gasteiger partial charge in [0.1, 0.15) is 17.2 Å². The van der Waals surface area contributed by atoms with E-state index in [4.69, 9.17) is 4.52 Å². The fourth-order valence-electron chi connectivity index (χ4n) is 2.84. The molecule has 1 heterocycles. The lowest BCUT2D eigenvalue weighted by Gasteiger charge is -2.27. The zero-order valence-electron chi connectivity index (χ0n) is 13.8. The molecule has 0 aliphatic rings. The minimum absolute atomic E-state index is 0.282. The number of aryl methyl sites for hydroxylation is 1. The zero-order valence-corrected chi connectivity index (χ0v) is 13.8. The van der Waals surface area contributed by atoms with Crippen molar-refractivity contribution < 1.29 is 18.8 Å². The summed E-state index contributed by atoms with van der Waals surface area (Å²) >= 11 is 0. The monoisotopic (exact) mass is 340 g/mol. The van der Waals surface area contributed by atoms with Crippen LogP contribution >= 0.6 is 0 Å². The third-order valence-corrected chi connectivity index (χ3v) is 4.07. The van der Waals surface area contributed by atoms with Gasteiger partial charge in [-0.1, -0.05) is 53.7 Å². The SMILES string of the molecule is Cc1onc(-c2ccccc2)c1N(C(=O)O)C(C)c1ccccc1F. The van der Waals surface area contributed by atoms with Gasteiger partial charge in [-0.3, -0.25) is 4.90 Å². The van der Waals surface area contributed by atoms with Gasteiger partial charge in [-0.05, 0) is 19.9 Å². The molecule has 0 bridgehead atoms. The van der Waals surface area contributed by atoms with Crippen molar-refractivity contribution in [2.24, 2.45) is 0 Å². The summed E-state index contributed by atoms with van der Waals surface area (Å²) in [5.74, 6) is -0.110. The Balaban J connectivity index is 2.13. The molecule has 0 spiro atoms. The smallest absolute Gasteiger partial charge is 0.412 e. The number of carboxylic acid groups (broad SMARTS) is 1. The predicted octanol–water partition coefficient (Wildman–Crippen LogP) is 5.03. The van der Waals surface area contributed by atoms with Crippen LogP contribution < -0.4 is 4.90 Å². The number of benzene rings is 2. The van der Waals surface area contributed by atoms with Gasteiger partial charge in [0.25, 0.3) is 0 Å². The van der Waals surface area contributed by atoms with Crippen LogP contribution in [-0.2, 0) is 0 Å². The number of carbonyl (C=O) groups is 1. The average molecular weight is 340 g/mol. The molecule has 1 N–H and O–H groups in total. The number of nitrogens with zero attached hydrogens (tertiary/aromatic N) is 2. The third kappa shape index (κ3) is 3.10. The first kappa shape index (κ1) is 16.7. The summed E-state index contributed by atoms with van der Waals surface area (Å²) in [6.07, 6.45) is -1.21. The zero-order chi connectivity index (χ0) is 18.0. The van der Waals surface area contributed by atoms with Crippen LogP contribution in [0.2, 0.25) is 0 Å². The summed E-state index contributed by atoms with van der Waals surface area (Å²) < 4.78 is 19.4. The van der Waals surface area contributed by atoms with Crippen molar-refractivity contribution in [2.75, 3.05) is 4.90 Å². The fourth-order valence-corrected chi connectivity index (χ4v) is 2.84. The molecule has 1 aromatic heterocycles. The number of amides is 1. The number of rotatable bonds is 4. The van der Waals surface area contributed by atoms with E-state index in [1.165, 1.54) is 6.07 Å². The number of anilines is 1. The van der Waals surface area contributed by atoms with Gasteiger partial charge in [0, 0.05) is 11.1 Å². The molecule has 1 unspecified atom stereocenters. The van der Waals surface area contributed by atoms with Crippen molar-refractivity contribution in [3.8, 4) is 11.3 Å². The Hall–Kier alpha value is -3.15. The van der Waals surface area contributed by atoms with Gasteiger partial charge in [-0.25, -0.2) is 9.18 Å². The Bertz CT molecular complexity index is 893. The van der Waals surface area contributed by atoms with E-state index < -0.39 is 18.0 Å². The van der Waals surface area contributed by atoms with Gasteiger partial charge in [-0.2, -0.15) is 0 Å². The minimum atomic E-state index is -1.21. The maximum Gasteiger partial charge on any atom is 0.412 e. The quantitative estimate of drug-likeness (QED) is 0.723. The second-order valence-electron chi connectivity index (χ2n) is 5.65. The van der Waals surface area contributed by atoms with E-state index >= 15 is 0 Å². The summed E-state index contributed by atoms with van der Waals surface area (Å²) in [5, 5.41) is 13.8. The first-order valence-electron chi connectivity index (χ1n) is 7.79. The molecule has 3 aromatic rings. The average Bonchev–Trinajstić information content (AvgIpc) is 2.97. The highest BCUT2D eigenvalue weighted by Crippen LogP contribution is 2.38. The Kier molecular flexibility index (Phi) is 4.52. The van der Waals surface area contributed by atoms with Gasteiger partial charge in [-0.15, -0.1) is 0 Å². The van der Waals surface area contributed by atoms with E-state index in [9.17, 15) is 14.3 Å². The lowest BCUT2D eigenvalue weighted by Crippen LogP contribution is -2.33. The Labute approximate surface area is 144 Å². The van der Waals surface area contributed by atoms with Crippen LogP contribution in [0.5, 0.6) is 0 Å². The maximum absolute atomic E-state index is 14.2. The predicted molar refractivity (Wildman–Crippen MR) is 92.0 cm³/mol. The first-order valence-corrected chi connectivity index (χ1v) is 7.79. The number of aromatic nitrogens is 1. The minimum Gasteiger partial charge on any atom is -0.465 e. The molecule has 128 valence electrons. The molecule has 1 amide bonds. The van der Waals surface area contributed by atoms with E-state index in [0.29, 0.717) is 17.1 Å². The molecular formula is C19H17FN2O3. The van der Waals surface area contributed by atoms with Crippen molar-refractivity contribution in [1.82, 2.24) is 5.16 Å². The Morgan fingerprint density at radius 2 is 1.80 bits per heavy atom. The van der Waals surface area contributed by atoms with Gasteiger partial charge in [0.05, 0.1) is 6.04 Å². The summed E-state index contributed by atoms with van der Waals surface area (Å²) in [5.41, 5.74) is 1.73. The molecule has 6 heteroatoms. The van der Waals surface area contributed by atoms with Crippen molar-refractivity contribution in [1.29, 1.82) is 0 Å². The largest absolute Gasteiger partial charge is 0.465 e. The summed E-state index contributed by atoms with van der Waals surface area (Å²) in [4.78, 5) is 13.1. The second kappa shape index (κ2) is 6.76. The number of hydrogen-bond acceptors (Lipinski definition) is 3. The highest BCUT2D eigenvalue weighted by Gasteiger charge is 2.31. The topological polar surface area (TPSA) is 66.6 Å². The highest BCUT2D eigenvalue weighted by atomic mass is 19.1. The third-order valence-electron chi connectivity index (χ3n) is 4.07. The molecule has 3 rings (SSSR count). The van der Waals surface area contributed by atoms with E-state index in [1.54, 1.807) is 32.0 Å². The number of hydrogen-bond donors (Lipinski definition) is 1. The van der Waals surface area contributed by atoms with Crippen molar-refractivity contribution in [2.45, 2.75) is 19.9 Å². The lowest BCUT2D eigenvalue weighted by molar-refractivity contribution is 0.199. The lowest BCUT2D eigenvalue weighted by atomic mass is 10.0. The Morgan fingerprint density at radius 1 is 1.16 bits per heavy atom. The summed E-state index contributed by atoms with van der Waals surface area (Å²) in [7, 11) is 0. The van der Waals surface area contributed by atoms with Crippen molar-refractivity contribution in [3.63, 3.8) is 0 Å². The van der Waals surface area contributed by atoms with Crippen LogP contribution in [-0.4, -0.2) is 16.4 Å². The van der Waals surface area contributed by atoms with Crippen LogP contribution in [0.25, 0.3) is 11.3 Å². The molecule has 0 radical (unpaired) electrons. The number of halogens is 1. The van der Waals surface area contributed by atoms with E-state index in [-0.39, 0.29) is 5.56 Å². The van der Waals surface area contributed by atoms with Crippen LogP contribution in [0.15, 0.2) is 59.1 Å². The standard InChI is InChI=1S/C19H17FN2O3/c1-12(15-10-6-7-11-16(15)20)22(19(23)24)18-13(2)25-21-17(18)14-8-4-3-5-9-14/h3-12H,1-2H3,(H,23,24). The summed E-state index contributed by atoms with van der Waals surface area (Å²) in [6.45, 7) is 3.27. The molecule has 1 atom stereocenters. The van der Waals surface area contributed by atoms with Crippen LogP contribution in [0.4, 0.5) is 14.9 Å². The van der Waals surface area contributed by atoms with Crippen molar-refractivity contribution in [3.05, 3.63) is 71.7 Å². The van der Waals surface area contributed by atoms with Gasteiger partial charge in [0.2, 0.25) is 0 Å². The fraction of sp³-hybridized carbons (Fsp3) is 0.158. The van der Waals surface area contributed by atoms with Gasteiger partial charge < -0.3 is 9.63 Å². The van der Waals surface area contributed by atoms with Gasteiger partial charge >= 0.3 is 6.09 Å².